The summed E-state index contributed by atoms with van der Waals surface area (Å²) in [5.41, 5.74) is 6.14. The van der Waals surface area contributed by atoms with Crippen molar-refractivity contribution in [2.24, 2.45) is 0 Å². The van der Waals surface area contributed by atoms with Crippen LogP contribution in [-0.4, -0.2) is 5.78 Å². The number of Topliss-reactive ketones (excluding diaryl/α,β-unsaturated/α-hetero) is 1. The van der Waals surface area contributed by atoms with Gasteiger partial charge in [-0.05, 0) is 38.5 Å². The van der Waals surface area contributed by atoms with Crippen molar-refractivity contribution < 1.29 is 9.53 Å². The van der Waals surface area contributed by atoms with Gasteiger partial charge in [0.2, 0.25) is 0 Å². The summed E-state index contributed by atoms with van der Waals surface area (Å²) in [7, 11) is 0. The molecule has 2 aliphatic rings. The summed E-state index contributed by atoms with van der Waals surface area (Å²) in [6.45, 7) is 5.98. The van der Waals surface area contributed by atoms with Gasteiger partial charge in [0.15, 0.2) is 5.78 Å². The average Bonchev–Trinajstić information content (AvgIpc) is 2.74. The highest BCUT2D eigenvalue weighted by atomic mass is 16.5. The van der Waals surface area contributed by atoms with E-state index in [1.807, 2.05) is 32.0 Å². The zero-order valence-electron chi connectivity index (χ0n) is 12.4. The lowest BCUT2D eigenvalue weighted by molar-refractivity contribution is 0.103. The van der Waals surface area contributed by atoms with Gasteiger partial charge in [0.05, 0.1) is 5.57 Å². The van der Waals surface area contributed by atoms with Gasteiger partial charge in [-0.2, -0.15) is 0 Å². The van der Waals surface area contributed by atoms with Gasteiger partial charge < -0.3 is 4.74 Å². The molecule has 0 bridgehead atoms. The van der Waals surface area contributed by atoms with Gasteiger partial charge in [-0.3, -0.25) is 4.79 Å². The fraction of sp³-hybridized carbons (Fsp3) is 0.211. The van der Waals surface area contributed by atoms with Crippen molar-refractivity contribution in [1.82, 2.24) is 0 Å². The van der Waals surface area contributed by atoms with E-state index in [0.717, 1.165) is 39.3 Å². The first-order valence-electron chi connectivity index (χ1n) is 7.20. The number of carbonyl (C=O) groups excluding carboxylic acids is 1. The molecule has 1 unspecified atom stereocenters. The molecule has 0 fully saturated rings. The topological polar surface area (TPSA) is 26.3 Å². The molecule has 0 aromatic heterocycles. The summed E-state index contributed by atoms with van der Waals surface area (Å²) in [6, 6.07) is 12.3. The van der Waals surface area contributed by atoms with Gasteiger partial charge in [-0.15, -0.1) is 0 Å². The lowest BCUT2D eigenvalue weighted by atomic mass is 9.86. The summed E-state index contributed by atoms with van der Waals surface area (Å²) < 4.78 is 5.89. The van der Waals surface area contributed by atoms with Gasteiger partial charge >= 0.3 is 0 Å². The van der Waals surface area contributed by atoms with Crippen molar-refractivity contribution in [1.29, 1.82) is 0 Å². The van der Waals surface area contributed by atoms with E-state index in [0.29, 0.717) is 0 Å². The minimum Gasteiger partial charge on any atom is -0.461 e. The lowest BCUT2D eigenvalue weighted by Gasteiger charge is -2.25. The number of hydrogen-bond acceptors (Lipinski definition) is 2. The maximum Gasteiger partial charge on any atom is 0.193 e. The molecule has 21 heavy (non-hydrogen) atoms. The average molecular weight is 276 g/mol. The van der Waals surface area contributed by atoms with Crippen LogP contribution in [0.1, 0.15) is 45.5 Å². The normalized spacial score (nSPS) is 19.0. The fourth-order valence-electron chi connectivity index (χ4n) is 3.44. The monoisotopic (exact) mass is 276 g/mol. The first-order chi connectivity index (χ1) is 10.1. The molecule has 0 radical (unpaired) electrons. The molecule has 2 aromatic carbocycles. The van der Waals surface area contributed by atoms with Crippen LogP contribution in [0.25, 0.3) is 0 Å². The summed E-state index contributed by atoms with van der Waals surface area (Å²) in [4.78, 5) is 12.8. The third-order valence-electron chi connectivity index (χ3n) is 4.42. The second-order valence-corrected chi connectivity index (χ2v) is 5.97. The highest BCUT2D eigenvalue weighted by molar-refractivity contribution is 6.15. The molecule has 1 atom stereocenters. The number of hydrogen-bond donors (Lipinski definition) is 0. The van der Waals surface area contributed by atoms with Crippen LogP contribution in [0.4, 0.5) is 0 Å². The summed E-state index contributed by atoms with van der Waals surface area (Å²) in [5, 5.41) is 0. The number of ketones is 1. The van der Waals surface area contributed by atoms with Crippen LogP contribution in [-0.2, 0) is 0 Å². The molecule has 0 spiro atoms. The van der Waals surface area contributed by atoms with Crippen molar-refractivity contribution in [3.05, 3.63) is 75.5 Å². The fourth-order valence-corrected chi connectivity index (χ4v) is 3.44. The molecule has 104 valence electrons. The zero-order valence-corrected chi connectivity index (χ0v) is 12.4. The molecule has 4 rings (SSSR count). The largest absolute Gasteiger partial charge is 0.461 e. The highest BCUT2D eigenvalue weighted by Crippen LogP contribution is 2.49. The standard InChI is InChI=1S/C19H16O2/c1-10-4-6-13-14(8-10)19(20)17-12(3)21-16-7-5-11(2)9-15(16)18(13)17/h4-9,18H,1-3H3. The second kappa shape index (κ2) is 4.08. The number of allylic oxidation sites excluding steroid dienone is 2. The summed E-state index contributed by atoms with van der Waals surface area (Å²) >= 11 is 0. The Bertz CT molecular complexity index is 827. The molecule has 1 aliphatic heterocycles. The Kier molecular flexibility index (Phi) is 2.41. The first kappa shape index (κ1) is 12.4. The molecular formula is C19H16O2. The maximum atomic E-state index is 12.8. The van der Waals surface area contributed by atoms with E-state index in [2.05, 4.69) is 25.1 Å². The zero-order chi connectivity index (χ0) is 14.7. The lowest BCUT2D eigenvalue weighted by Crippen LogP contribution is -2.14. The third kappa shape index (κ3) is 1.62. The number of ether oxygens (including phenoxy) is 1. The smallest absolute Gasteiger partial charge is 0.193 e. The quantitative estimate of drug-likeness (QED) is 0.717. The Morgan fingerprint density at radius 3 is 2.43 bits per heavy atom. The maximum absolute atomic E-state index is 12.8. The Hall–Kier alpha value is -2.35. The van der Waals surface area contributed by atoms with E-state index < -0.39 is 0 Å². The van der Waals surface area contributed by atoms with E-state index in [-0.39, 0.29) is 11.7 Å². The Morgan fingerprint density at radius 1 is 0.905 bits per heavy atom. The molecule has 1 aliphatic carbocycles. The van der Waals surface area contributed by atoms with Crippen LogP contribution in [0.2, 0.25) is 0 Å². The van der Waals surface area contributed by atoms with Gasteiger partial charge in [0, 0.05) is 17.0 Å². The summed E-state index contributed by atoms with van der Waals surface area (Å²) in [6.07, 6.45) is 0. The van der Waals surface area contributed by atoms with E-state index in [1.165, 1.54) is 5.56 Å². The number of fused-ring (bicyclic) bond motifs is 5. The van der Waals surface area contributed by atoms with Crippen LogP contribution in [0.15, 0.2) is 47.7 Å². The molecule has 0 amide bonds. The Morgan fingerprint density at radius 2 is 1.62 bits per heavy atom. The second-order valence-electron chi connectivity index (χ2n) is 5.97. The van der Waals surface area contributed by atoms with Crippen LogP contribution < -0.4 is 4.74 Å². The molecule has 0 saturated heterocycles. The molecule has 0 saturated carbocycles. The van der Waals surface area contributed by atoms with Crippen LogP contribution in [0, 0.1) is 13.8 Å². The first-order valence-corrected chi connectivity index (χ1v) is 7.20. The van der Waals surface area contributed by atoms with Gasteiger partial charge in [-0.1, -0.05) is 35.4 Å². The minimum atomic E-state index is 0.0248. The predicted molar refractivity (Wildman–Crippen MR) is 81.9 cm³/mol. The van der Waals surface area contributed by atoms with Crippen LogP contribution >= 0.6 is 0 Å². The van der Waals surface area contributed by atoms with Gasteiger partial charge in [0.1, 0.15) is 11.5 Å². The number of benzene rings is 2. The molecular weight excluding hydrogens is 260 g/mol. The molecule has 2 heteroatoms. The Balaban J connectivity index is 2.04. The van der Waals surface area contributed by atoms with Crippen LogP contribution in [0.3, 0.4) is 0 Å². The van der Waals surface area contributed by atoms with Crippen molar-refractivity contribution in [2.45, 2.75) is 26.7 Å². The number of carbonyl (C=O) groups is 1. The van der Waals surface area contributed by atoms with E-state index >= 15 is 0 Å². The number of rotatable bonds is 0. The van der Waals surface area contributed by atoms with E-state index in [1.54, 1.807) is 0 Å². The highest BCUT2D eigenvalue weighted by Gasteiger charge is 2.41. The van der Waals surface area contributed by atoms with E-state index in [9.17, 15) is 4.79 Å². The van der Waals surface area contributed by atoms with E-state index in [4.69, 9.17) is 4.74 Å². The van der Waals surface area contributed by atoms with Crippen molar-refractivity contribution >= 4 is 5.78 Å². The van der Waals surface area contributed by atoms with Gasteiger partial charge in [0.25, 0.3) is 0 Å². The van der Waals surface area contributed by atoms with Crippen molar-refractivity contribution in [2.75, 3.05) is 0 Å². The summed E-state index contributed by atoms with van der Waals surface area (Å²) in [5.74, 6) is 1.74. The minimum absolute atomic E-state index is 0.0248. The molecule has 2 aromatic rings. The molecule has 1 heterocycles. The van der Waals surface area contributed by atoms with Crippen LogP contribution in [0.5, 0.6) is 5.75 Å². The SMILES string of the molecule is CC1=C2C(=O)c3cc(C)ccc3C2c2cc(C)ccc2O1. The molecule has 2 nitrogen and oxygen atoms in total. The number of aryl methyl sites for hydroxylation is 2. The predicted octanol–water partition coefficient (Wildman–Crippen LogP) is 4.30. The van der Waals surface area contributed by atoms with Crippen molar-refractivity contribution in [3.63, 3.8) is 0 Å². The van der Waals surface area contributed by atoms with Gasteiger partial charge in [-0.25, -0.2) is 0 Å². The third-order valence-corrected chi connectivity index (χ3v) is 4.42. The Labute approximate surface area is 124 Å². The van der Waals surface area contributed by atoms with Crippen molar-refractivity contribution in [3.8, 4) is 5.75 Å². The molecule has 0 N–H and O–H groups in total.